The Morgan fingerprint density at radius 3 is 1.89 bits per heavy atom. The maximum Gasteiger partial charge on any atom is 0.343 e. The number of aliphatic hydroxyl groups is 2. The molecule has 0 aromatic heterocycles. The zero-order chi connectivity index (χ0) is 29.2. The Morgan fingerprint density at radius 2 is 1.47 bits per heavy atom. The number of aromatic carboxylic acids is 1. The van der Waals surface area contributed by atoms with Gasteiger partial charge in [0.05, 0.1) is 35.2 Å². The Kier molecular flexibility index (Phi) is 13.8. The minimum atomic E-state index is -1.28. The number of carboxylic acid groups (broad SMARTS) is 1. The average molecular weight is 796 g/mol. The van der Waals surface area contributed by atoms with Crippen LogP contribution in [0, 0.1) is 27.4 Å². The van der Waals surface area contributed by atoms with Gasteiger partial charge in [-0.25, -0.2) is 9.59 Å². The van der Waals surface area contributed by atoms with Gasteiger partial charge in [-0.05, 0) is 64.2 Å². The summed E-state index contributed by atoms with van der Waals surface area (Å²) in [5, 5.41) is 48.7. The van der Waals surface area contributed by atoms with Gasteiger partial charge in [0.2, 0.25) is 0 Å². The first-order valence-electron chi connectivity index (χ1n) is 9.98. The molecule has 204 valence electrons. The summed E-state index contributed by atoms with van der Waals surface area (Å²) in [4.78, 5) is 46.5. The van der Waals surface area contributed by atoms with E-state index in [1.807, 2.05) is 22.6 Å². The van der Waals surface area contributed by atoms with E-state index in [9.17, 15) is 34.9 Å². The zero-order valence-electron chi connectivity index (χ0n) is 19.1. The zero-order valence-corrected chi connectivity index (χ0v) is 24.9. The van der Waals surface area contributed by atoms with Crippen LogP contribution in [0.3, 0.4) is 0 Å². The predicted molar refractivity (Wildman–Crippen MR) is 155 cm³/mol. The average Bonchev–Trinajstić information content (AvgIpc) is 2.84. The summed E-state index contributed by atoms with van der Waals surface area (Å²) in [5.74, 6) is -2.74. The standard InChI is InChI=1S/C14H14ClIN2O6.C7H3ClINO4/c1-2-24-14(21)10(7-17-3-4-19)13(20)9-5-8(16)6-11(12(9)15)18(22)23;8-6-4(7(11)12)1-3(9)2-5(6)10(13)14/h5-7,19-20H,2-4H2,1H3;1-2H,(H,11,12). The fourth-order valence-corrected chi connectivity index (χ4v) is 4.26. The number of halogens is 4. The lowest BCUT2D eigenvalue weighted by Gasteiger charge is -2.09. The second-order valence-corrected chi connectivity index (χ2v) is 9.88. The van der Waals surface area contributed by atoms with Crippen molar-refractivity contribution >= 4 is 104 Å². The van der Waals surface area contributed by atoms with Gasteiger partial charge < -0.3 is 20.1 Å². The normalized spacial score (nSPS) is 11.3. The third kappa shape index (κ3) is 9.29. The predicted octanol–water partition coefficient (Wildman–Crippen LogP) is 5.30. The number of nitro groups is 2. The van der Waals surface area contributed by atoms with E-state index in [2.05, 4.69) is 4.99 Å². The fourth-order valence-electron chi connectivity index (χ4n) is 2.52. The number of aliphatic hydroxyl groups excluding tert-OH is 2. The van der Waals surface area contributed by atoms with Crippen LogP contribution in [0.4, 0.5) is 11.4 Å². The van der Waals surface area contributed by atoms with E-state index >= 15 is 0 Å². The van der Waals surface area contributed by atoms with Crippen molar-refractivity contribution in [3.63, 3.8) is 0 Å². The van der Waals surface area contributed by atoms with E-state index in [4.69, 9.17) is 38.2 Å². The van der Waals surface area contributed by atoms with Crippen molar-refractivity contribution in [2.24, 2.45) is 4.99 Å². The second-order valence-electron chi connectivity index (χ2n) is 6.63. The Bertz CT molecular complexity index is 1280. The van der Waals surface area contributed by atoms with Gasteiger partial charge >= 0.3 is 11.9 Å². The molecule has 0 aliphatic carbocycles. The molecule has 2 aromatic rings. The first-order valence-corrected chi connectivity index (χ1v) is 12.9. The van der Waals surface area contributed by atoms with Gasteiger partial charge in [0.25, 0.3) is 11.4 Å². The number of carbonyl (C=O) groups is 2. The lowest BCUT2D eigenvalue weighted by atomic mass is 10.1. The Balaban J connectivity index is 0.000000437. The van der Waals surface area contributed by atoms with Crippen LogP contribution in [-0.2, 0) is 9.53 Å². The first kappa shape index (κ1) is 33.4. The van der Waals surface area contributed by atoms with Crippen LogP contribution >= 0.6 is 68.4 Å². The smallest absolute Gasteiger partial charge is 0.343 e. The molecule has 0 aliphatic heterocycles. The summed E-state index contributed by atoms with van der Waals surface area (Å²) in [6, 6.07) is 5.13. The van der Waals surface area contributed by atoms with Crippen molar-refractivity contribution in [2.75, 3.05) is 19.8 Å². The summed E-state index contributed by atoms with van der Waals surface area (Å²) >= 11 is 15.1. The number of aliphatic imine (C=N–C) groups is 1. The van der Waals surface area contributed by atoms with Gasteiger partial charge in [-0.3, -0.25) is 25.2 Å². The molecule has 0 spiro atoms. The number of hydrogen-bond donors (Lipinski definition) is 3. The minimum Gasteiger partial charge on any atom is -0.506 e. The largest absolute Gasteiger partial charge is 0.506 e. The van der Waals surface area contributed by atoms with E-state index < -0.39 is 38.9 Å². The fraction of sp³-hybridized carbons (Fsp3) is 0.190. The molecule has 0 saturated carbocycles. The monoisotopic (exact) mass is 795 g/mol. The minimum absolute atomic E-state index is 0.0103. The third-order valence-electron chi connectivity index (χ3n) is 4.12. The number of carbonyl (C=O) groups excluding carboxylic acids is 1. The van der Waals surface area contributed by atoms with Crippen molar-refractivity contribution in [1.29, 1.82) is 0 Å². The van der Waals surface area contributed by atoms with Gasteiger partial charge in [0.15, 0.2) is 0 Å². The van der Waals surface area contributed by atoms with E-state index in [1.165, 1.54) is 24.3 Å². The van der Waals surface area contributed by atoms with Crippen molar-refractivity contribution in [3.05, 3.63) is 78.4 Å². The highest BCUT2D eigenvalue weighted by Gasteiger charge is 2.24. The van der Waals surface area contributed by atoms with E-state index in [1.54, 1.807) is 29.5 Å². The molecule has 0 bridgehead atoms. The van der Waals surface area contributed by atoms with Crippen LogP contribution in [0.2, 0.25) is 10.0 Å². The lowest BCUT2D eigenvalue weighted by molar-refractivity contribution is -0.384. The second kappa shape index (κ2) is 15.7. The number of rotatable bonds is 9. The van der Waals surface area contributed by atoms with Crippen LogP contribution in [0.5, 0.6) is 0 Å². The molecule has 0 saturated heterocycles. The van der Waals surface area contributed by atoms with Gasteiger partial charge in [-0.2, -0.15) is 0 Å². The SMILES string of the molecule is CCOC(=O)C(C=NCCO)=C(O)c1cc(I)cc([N+](=O)[O-])c1Cl.O=C(O)c1cc(I)cc([N+](=O)[O-])c1Cl. The van der Waals surface area contributed by atoms with E-state index in [0.717, 1.165) is 6.21 Å². The van der Waals surface area contributed by atoms with Crippen LogP contribution in [0.25, 0.3) is 5.76 Å². The molecule has 0 fully saturated rings. The van der Waals surface area contributed by atoms with Crippen molar-refractivity contribution in [3.8, 4) is 0 Å². The first-order chi connectivity index (χ1) is 17.8. The number of esters is 1. The van der Waals surface area contributed by atoms with Crippen LogP contribution in [0.1, 0.15) is 22.8 Å². The Morgan fingerprint density at radius 1 is 1.00 bits per heavy atom. The van der Waals surface area contributed by atoms with Crippen LogP contribution in [0.15, 0.2) is 34.8 Å². The summed E-state index contributed by atoms with van der Waals surface area (Å²) in [7, 11) is 0. The molecule has 0 atom stereocenters. The Hall–Kier alpha value is -2.61. The van der Waals surface area contributed by atoms with Gasteiger partial charge in [0, 0.05) is 31.1 Å². The number of ether oxygens (including phenoxy) is 1. The van der Waals surface area contributed by atoms with Crippen molar-refractivity contribution in [1.82, 2.24) is 0 Å². The number of carboxylic acids is 1. The number of nitro benzene ring substituents is 2. The molecule has 13 nitrogen and oxygen atoms in total. The summed E-state index contributed by atoms with van der Waals surface area (Å²) < 4.78 is 5.74. The maximum atomic E-state index is 12.0. The van der Waals surface area contributed by atoms with E-state index in [0.29, 0.717) is 7.14 Å². The molecule has 38 heavy (non-hydrogen) atoms. The van der Waals surface area contributed by atoms with Gasteiger partial charge in [-0.1, -0.05) is 23.2 Å². The molecule has 2 rings (SSSR count). The van der Waals surface area contributed by atoms with Crippen molar-refractivity contribution < 1.29 is 39.5 Å². The third-order valence-corrected chi connectivity index (χ3v) is 6.16. The highest BCUT2D eigenvalue weighted by molar-refractivity contribution is 14.1. The molecule has 0 heterocycles. The number of benzene rings is 2. The van der Waals surface area contributed by atoms with Gasteiger partial charge in [-0.15, -0.1) is 0 Å². The number of hydrogen-bond acceptors (Lipinski definition) is 10. The summed E-state index contributed by atoms with van der Waals surface area (Å²) in [6.45, 7) is 1.41. The quantitative estimate of drug-likeness (QED) is 0.0569. The highest BCUT2D eigenvalue weighted by atomic mass is 127. The van der Waals surface area contributed by atoms with Crippen LogP contribution < -0.4 is 0 Å². The lowest BCUT2D eigenvalue weighted by Crippen LogP contribution is -2.12. The maximum absolute atomic E-state index is 12.0. The van der Waals surface area contributed by atoms with E-state index in [-0.39, 0.29) is 46.5 Å². The molecule has 0 radical (unpaired) electrons. The summed E-state index contributed by atoms with van der Waals surface area (Å²) in [5.41, 5.74) is -1.46. The molecule has 2 aromatic carbocycles. The van der Waals surface area contributed by atoms with Crippen molar-refractivity contribution in [2.45, 2.75) is 6.92 Å². The molecule has 17 heteroatoms. The van der Waals surface area contributed by atoms with Crippen LogP contribution in [-0.4, -0.2) is 63.1 Å². The molecular weight excluding hydrogens is 779 g/mol. The van der Waals surface area contributed by atoms with Gasteiger partial charge in [0.1, 0.15) is 21.4 Å². The molecular formula is C21H17Cl2I2N3O10. The number of nitrogens with zero attached hydrogens (tertiary/aromatic N) is 3. The molecule has 0 amide bonds. The molecule has 0 unspecified atom stereocenters. The topological polar surface area (TPSA) is 203 Å². The molecule has 0 aliphatic rings. The Labute approximate surface area is 251 Å². The highest BCUT2D eigenvalue weighted by Crippen LogP contribution is 2.35. The molecule has 3 N–H and O–H groups in total. The summed E-state index contributed by atoms with van der Waals surface area (Å²) in [6.07, 6.45) is 1.03.